The van der Waals surface area contributed by atoms with Gasteiger partial charge in [-0.15, -0.1) is 0 Å². The molecule has 0 saturated carbocycles. The Hall–Kier alpha value is -1.36. The standard InChI is InChI=1S/C29H57N5O5Si3/c1-27(2,3)40(11,12)36-17-19-21(38-41(13,14)28(4,5)6)22(39-42(15,16)29(7,8)9)25(37-19)34-18-31-20-23(34)32-26(30)33-24(20)35-10/h18-19,21-22,25H,17H2,1-16H3,(H2,30,32,33)/t19-,21-,22-,25-/m1/s1. The third-order valence-corrected chi connectivity index (χ3v) is 23.5. The van der Waals surface area contributed by atoms with Gasteiger partial charge in [0.2, 0.25) is 11.8 Å². The van der Waals surface area contributed by atoms with Crippen molar-refractivity contribution in [1.82, 2.24) is 19.5 Å². The van der Waals surface area contributed by atoms with Crippen LogP contribution in [0.2, 0.25) is 54.4 Å². The van der Waals surface area contributed by atoms with Gasteiger partial charge in [0.15, 0.2) is 42.3 Å². The van der Waals surface area contributed by atoms with E-state index in [9.17, 15) is 0 Å². The normalized spacial score (nSPS) is 23.1. The molecular weight excluding hydrogens is 583 g/mol. The number of nitrogen functional groups attached to an aromatic ring is 1. The number of fused-ring (bicyclic) bond motifs is 1. The zero-order valence-corrected chi connectivity index (χ0v) is 32.0. The average Bonchev–Trinajstić information content (AvgIpc) is 3.36. The number of nitrogens with zero attached hydrogens (tertiary/aromatic N) is 4. The first kappa shape index (κ1) is 35.1. The Balaban J connectivity index is 2.19. The molecular formula is C29H57N5O5Si3. The molecule has 2 aromatic rings. The van der Waals surface area contributed by atoms with E-state index in [4.69, 9.17) is 28.5 Å². The minimum Gasteiger partial charge on any atom is -0.479 e. The van der Waals surface area contributed by atoms with Crippen LogP contribution in [0, 0.1) is 0 Å². The number of rotatable bonds is 9. The molecule has 0 bridgehead atoms. The van der Waals surface area contributed by atoms with E-state index in [1.807, 2.05) is 4.57 Å². The quantitative estimate of drug-likeness (QED) is 0.286. The van der Waals surface area contributed by atoms with Crippen LogP contribution in [0.1, 0.15) is 68.5 Å². The molecule has 1 saturated heterocycles. The Kier molecular flexibility index (Phi) is 9.64. The molecule has 0 aliphatic carbocycles. The van der Waals surface area contributed by atoms with E-state index in [1.54, 1.807) is 13.4 Å². The second-order valence-electron chi connectivity index (χ2n) is 16.2. The number of hydrogen-bond donors (Lipinski definition) is 1. The molecule has 0 aromatic carbocycles. The SMILES string of the molecule is COc1nc(N)nc2c1ncn2[C@@H]1O[C@H](CO[Si](C)(C)C(C)(C)C)[C@@H](O[Si](C)(C)C(C)(C)C)[C@H]1O[Si](C)(C)C(C)(C)C. The van der Waals surface area contributed by atoms with Crippen molar-refractivity contribution in [3.05, 3.63) is 6.33 Å². The number of imidazole rings is 1. The molecule has 13 heteroatoms. The highest BCUT2D eigenvalue weighted by Gasteiger charge is 2.55. The van der Waals surface area contributed by atoms with Crippen LogP contribution in [-0.4, -0.2) is 76.5 Å². The lowest BCUT2D eigenvalue weighted by Gasteiger charge is -2.44. The third-order valence-electron chi connectivity index (χ3n) is 10.0. The Morgan fingerprint density at radius 3 is 1.79 bits per heavy atom. The molecule has 0 spiro atoms. The summed E-state index contributed by atoms with van der Waals surface area (Å²) in [7, 11) is -5.08. The zero-order chi connectivity index (χ0) is 32.3. The summed E-state index contributed by atoms with van der Waals surface area (Å²) in [5, 5.41) is 0.0270. The van der Waals surface area contributed by atoms with E-state index in [0.29, 0.717) is 23.7 Å². The van der Waals surface area contributed by atoms with E-state index in [-0.39, 0.29) is 33.3 Å². The number of hydrogen-bond acceptors (Lipinski definition) is 9. The van der Waals surface area contributed by atoms with Crippen molar-refractivity contribution in [1.29, 1.82) is 0 Å². The van der Waals surface area contributed by atoms with Crippen LogP contribution in [0.25, 0.3) is 11.2 Å². The Labute approximate surface area is 256 Å². The van der Waals surface area contributed by atoms with Crippen molar-refractivity contribution in [3.8, 4) is 5.88 Å². The fourth-order valence-corrected chi connectivity index (χ4v) is 7.73. The topological polar surface area (TPSA) is 116 Å². The number of anilines is 1. The molecule has 0 unspecified atom stereocenters. The molecule has 1 aliphatic heterocycles. The molecule has 1 aliphatic rings. The van der Waals surface area contributed by atoms with E-state index < -0.39 is 37.3 Å². The number of aromatic nitrogens is 4. The predicted molar refractivity (Wildman–Crippen MR) is 177 cm³/mol. The minimum absolute atomic E-state index is 0.00576. The van der Waals surface area contributed by atoms with Gasteiger partial charge in [-0.1, -0.05) is 62.3 Å². The maximum atomic E-state index is 7.25. The first-order chi connectivity index (χ1) is 18.8. The lowest BCUT2D eigenvalue weighted by molar-refractivity contribution is -0.0470. The lowest BCUT2D eigenvalue weighted by Crippen LogP contribution is -2.54. The van der Waals surface area contributed by atoms with Crippen LogP contribution in [0.3, 0.4) is 0 Å². The molecule has 10 nitrogen and oxygen atoms in total. The summed E-state index contributed by atoms with van der Waals surface area (Å²) in [6.07, 6.45) is 0.0208. The molecule has 3 heterocycles. The van der Waals surface area contributed by atoms with Crippen LogP contribution in [-0.2, 0) is 18.0 Å². The summed E-state index contributed by atoms with van der Waals surface area (Å²) in [4.78, 5) is 13.4. The maximum absolute atomic E-state index is 7.25. The molecule has 1 fully saturated rings. The number of methoxy groups -OCH3 is 1. The van der Waals surface area contributed by atoms with Gasteiger partial charge < -0.3 is 28.5 Å². The monoisotopic (exact) mass is 639 g/mol. The van der Waals surface area contributed by atoms with Gasteiger partial charge in [0.05, 0.1) is 20.0 Å². The van der Waals surface area contributed by atoms with Crippen molar-refractivity contribution in [3.63, 3.8) is 0 Å². The van der Waals surface area contributed by atoms with Gasteiger partial charge in [0.25, 0.3) is 0 Å². The Bertz CT molecular complexity index is 1250. The smallest absolute Gasteiger partial charge is 0.246 e. The maximum Gasteiger partial charge on any atom is 0.246 e. The van der Waals surface area contributed by atoms with E-state index in [1.165, 1.54) is 0 Å². The average molecular weight is 640 g/mol. The van der Waals surface area contributed by atoms with Crippen LogP contribution in [0.5, 0.6) is 5.88 Å². The van der Waals surface area contributed by atoms with Crippen molar-refractivity contribution in [2.24, 2.45) is 0 Å². The molecule has 0 amide bonds. The van der Waals surface area contributed by atoms with E-state index >= 15 is 0 Å². The van der Waals surface area contributed by atoms with Gasteiger partial charge in [0, 0.05) is 0 Å². The second kappa shape index (κ2) is 11.5. The second-order valence-corrected chi connectivity index (χ2v) is 30.6. The Morgan fingerprint density at radius 2 is 1.31 bits per heavy atom. The van der Waals surface area contributed by atoms with Gasteiger partial charge in [-0.25, -0.2) is 4.98 Å². The lowest BCUT2D eigenvalue weighted by atomic mass is 10.1. The molecule has 2 N–H and O–H groups in total. The Morgan fingerprint density at radius 1 is 0.810 bits per heavy atom. The first-order valence-corrected chi connectivity index (χ1v) is 23.7. The summed E-state index contributed by atoms with van der Waals surface area (Å²) < 4.78 is 35.6. The highest BCUT2D eigenvalue weighted by molar-refractivity contribution is 6.75. The fourth-order valence-electron chi connectivity index (χ4n) is 4.11. The highest BCUT2D eigenvalue weighted by atomic mass is 28.4. The molecule has 240 valence electrons. The van der Waals surface area contributed by atoms with E-state index in [0.717, 1.165) is 0 Å². The van der Waals surface area contributed by atoms with E-state index in [2.05, 4.69) is 117 Å². The number of nitrogens with two attached hydrogens (primary N) is 1. The number of ether oxygens (including phenoxy) is 2. The van der Waals surface area contributed by atoms with Crippen LogP contribution >= 0.6 is 0 Å². The molecule has 2 aromatic heterocycles. The summed E-state index contributed by atoms with van der Waals surface area (Å²) in [6.45, 7) is 34.3. The van der Waals surface area contributed by atoms with Crippen LogP contribution in [0.15, 0.2) is 6.33 Å². The molecule has 4 atom stereocenters. The van der Waals surface area contributed by atoms with Gasteiger partial charge in [0.1, 0.15) is 18.3 Å². The van der Waals surface area contributed by atoms with Gasteiger partial charge in [-0.05, 0) is 54.4 Å². The summed E-state index contributed by atoms with van der Waals surface area (Å²) >= 11 is 0. The zero-order valence-electron chi connectivity index (χ0n) is 29.0. The molecule has 0 radical (unpaired) electrons. The van der Waals surface area contributed by atoms with Crippen molar-refractivity contribution < 1.29 is 22.8 Å². The van der Waals surface area contributed by atoms with Crippen LogP contribution in [0.4, 0.5) is 5.95 Å². The first-order valence-electron chi connectivity index (χ1n) is 15.0. The van der Waals surface area contributed by atoms with Crippen LogP contribution < -0.4 is 10.5 Å². The van der Waals surface area contributed by atoms with Crippen molar-refractivity contribution in [2.45, 2.75) is 141 Å². The van der Waals surface area contributed by atoms with Gasteiger partial charge >= 0.3 is 0 Å². The van der Waals surface area contributed by atoms with Gasteiger partial charge in [-0.2, -0.15) is 9.97 Å². The van der Waals surface area contributed by atoms with Gasteiger partial charge in [-0.3, -0.25) is 4.57 Å². The van der Waals surface area contributed by atoms with Crippen molar-refractivity contribution in [2.75, 3.05) is 19.5 Å². The highest BCUT2D eigenvalue weighted by Crippen LogP contribution is 2.47. The third kappa shape index (κ3) is 6.97. The predicted octanol–water partition coefficient (Wildman–Crippen LogP) is 7.12. The summed E-state index contributed by atoms with van der Waals surface area (Å²) in [6, 6.07) is 0. The molecule has 42 heavy (non-hydrogen) atoms. The largest absolute Gasteiger partial charge is 0.479 e. The van der Waals surface area contributed by atoms with Crippen molar-refractivity contribution >= 4 is 42.1 Å². The fraction of sp³-hybridized carbons (Fsp3) is 0.828. The minimum atomic E-state index is -2.30. The summed E-state index contributed by atoms with van der Waals surface area (Å²) in [5.74, 6) is 0.427. The summed E-state index contributed by atoms with van der Waals surface area (Å²) in [5.41, 5.74) is 7.15. The molecule has 3 rings (SSSR count).